The van der Waals surface area contributed by atoms with E-state index in [0.29, 0.717) is 12.2 Å². The predicted octanol–water partition coefficient (Wildman–Crippen LogP) is 1.22. The van der Waals surface area contributed by atoms with Crippen molar-refractivity contribution in [1.82, 2.24) is 4.98 Å². The summed E-state index contributed by atoms with van der Waals surface area (Å²) in [6, 6.07) is 1.96. The number of ether oxygens (including phenoxy) is 1. The van der Waals surface area contributed by atoms with Crippen molar-refractivity contribution in [2.75, 3.05) is 30.8 Å². The van der Waals surface area contributed by atoms with Crippen LogP contribution in [0.4, 0.5) is 11.5 Å². The molecule has 0 aliphatic carbocycles. The number of esters is 1. The Balaban J connectivity index is 2.16. The van der Waals surface area contributed by atoms with Crippen molar-refractivity contribution in [3.63, 3.8) is 0 Å². The molecule has 0 spiro atoms. The minimum Gasteiger partial charge on any atom is -0.469 e. The molecule has 98 valence electrons. The summed E-state index contributed by atoms with van der Waals surface area (Å²) in [6.07, 6.45) is 1.67. The maximum absolute atomic E-state index is 11.6. The molecular weight excluding hydrogens is 230 g/mol. The van der Waals surface area contributed by atoms with Crippen LogP contribution >= 0.6 is 0 Å². The van der Waals surface area contributed by atoms with Crippen LogP contribution in [-0.4, -0.2) is 31.2 Å². The number of rotatable bonds is 2. The number of aromatic nitrogens is 1. The largest absolute Gasteiger partial charge is 0.469 e. The number of hydrogen-bond donors (Lipinski definition) is 1. The fourth-order valence-corrected chi connectivity index (χ4v) is 2.34. The zero-order chi connectivity index (χ0) is 13.3. The molecule has 0 saturated carbocycles. The second-order valence-electron chi connectivity index (χ2n) is 4.91. The van der Waals surface area contributed by atoms with Gasteiger partial charge in [-0.25, -0.2) is 4.98 Å². The van der Waals surface area contributed by atoms with Gasteiger partial charge in [-0.05, 0) is 24.5 Å². The zero-order valence-electron chi connectivity index (χ0n) is 11.0. The van der Waals surface area contributed by atoms with Crippen LogP contribution in [0.15, 0.2) is 12.3 Å². The molecule has 1 fully saturated rings. The van der Waals surface area contributed by atoms with Crippen LogP contribution in [0, 0.1) is 18.8 Å². The summed E-state index contributed by atoms with van der Waals surface area (Å²) in [4.78, 5) is 18.1. The first-order valence-corrected chi connectivity index (χ1v) is 6.07. The van der Waals surface area contributed by atoms with E-state index in [1.807, 2.05) is 13.0 Å². The molecule has 1 aliphatic rings. The summed E-state index contributed by atoms with van der Waals surface area (Å²) in [5.74, 6) is 0.934. The van der Waals surface area contributed by atoms with Gasteiger partial charge in [-0.3, -0.25) is 4.79 Å². The normalized spacial score (nSPS) is 23.2. The number of hydrogen-bond acceptors (Lipinski definition) is 5. The van der Waals surface area contributed by atoms with Crippen LogP contribution in [0.3, 0.4) is 0 Å². The lowest BCUT2D eigenvalue weighted by Crippen LogP contribution is -2.24. The van der Waals surface area contributed by atoms with E-state index < -0.39 is 0 Å². The van der Waals surface area contributed by atoms with Gasteiger partial charge in [0.1, 0.15) is 5.82 Å². The molecule has 2 unspecified atom stereocenters. The van der Waals surface area contributed by atoms with E-state index in [4.69, 9.17) is 10.5 Å². The van der Waals surface area contributed by atoms with Crippen LogP contribution < -0.4 is 10.6 Å². The third-order valence-electron chi connectivity index (χ3n) is 3.58. The predicted molar refractivity (Wildman–Crippen MR) is 70.3 cm³/mol. The summed E-state index contributed by atoms with van der Waals surface area (Å²) in [6.45, 7) is 5.49. The van der Waals surface area contributed by atoms with Gasteiger partial charge in [0.15, 0.2) is 0 Å². The Morgan fingerprint density at radius 3 is 2.89 bits per heavy atom. The highest BCUT2D eigenvalue weighted by Crippen LogP contribution is 2.28. The number of pyridine rings is 1. The Morgan fingerprint density at radius 1 is 1.56 bits per heavy atom. The van der Waals surface area contributed by atoms with Gasteiger partial charge in [0.2, 0.25) is 0 Å². The number of carbonyl (C=O) groups excluding carboxylic acids is 1. The van der Waals surface area contributed by atoms with Gasteiger partial charge < -0.3 is 15.4 Å². The fourth-order valence-electron chi connectivity index (χ4n) is 2.34. The number of nitrogen functional groups attached to an aromatic ring is 1. The van der Waals surface area contributed by atoms with Gasteiger partial charge in [-0.2, -0.15) is 0 Å². The van der Waals surface area contributed by atoms with Crippen molar-refractivity contribution < 1.29 is 9.53 Å². The minimum absolute atomic E-state index is 0.0744. The summed E-state index contributed by atoms with van der Waals surface area (Å²) in [5.41, 5.74) is 7.46. The molecule has 18 heavy (non-hydrogen) atoms. The Kier molecular flexibility index (Phi) is 3.41. The first-order valence-electron chi connectivity index (χ1n) is 6.07. The van der Waals surface area contributed by atoms with Crippen molar-refractivity contribution in [2.24, 2.45) is 11.8 Å². The standard InChI is InChI=1S/C13H19N3O2/c1-8-4-12(15-5-11(8)14)16-6-9(2)10(7-16)13(17)18-3/h4-5,9-10H,6-7,14H2,1-3H3. The van der Waals surface area contributed by atoms with Crippen molar-refractivity contribution in [3.05, 3.63) is 17.8 Å². The van der Waals surface area contributed by atoms with Crippen LogP contribution in [0.1, 0.15) is 12.5 Å². The summed E-state index contributed by atoms with van der Waals surface area (Å²) in [7, 11) is 1.43. The van der Waals surface area contributed by atoms with E-state index >= 15 is 0 Å². The van der Waals surface area contributed by atoms with Crippen molar-refractivity contribution in [2.45, 2.75) is 13.8 Å². The second kappa shape index (κ2) is 4.84. The topological polar surface area (TPSA) is 68.5 Å². The Labute approximate surface area is 107 Å². The maximum atomic E-state index is 11.6. The third kappa shape index (κ3) is 2.25. The Bertz CT molecular complexity index is 462. The molecule has 2 heterocycles. The van der Waals surface area contributed by atoms with Crippen LogP contribution in [-0.2, 0) is 9.53 Å². The summed E-state index contributed by atoms with van der Waals surface area (Å²) < 4.78 is 4.83. The molecule has 1 aliphatic heterocycles. The number of anilines is 2. The molecule has 0 radical (unpaired) electrons. The molecule has 1 aromatic heterocycles. The zero-order valence-corrected chi connectivity index (χ0v) is 11.0. The van der Waals surface area contributed by atoms with E-state index in [1.54, 1.807) is 6.20 Å². The molecule has 0 aromatic carbocycles. The van der Waals surface area contributed by atoms with E-state index in [9.17, 15) is 4.79 Å². The van der Waals surface area contributed by atoms with Gasteiger partial charge in [-0.15, -0.1) is 0 Å². The fraction of sp³-hybridized carbons (Fsp3) is 0.538. The summed E-state index contributed by atoms with van der Waals surface area (Å²) >= 11 is 0. The molecule has 2 atom stereocenters. The lowest BCUT2D eigenvalue weighted by molar-refractivity contribution is -0.145. The smallest absolute Gasteiger partial charge is 0.310 e. The lowest BCUT2D eigenvalue weighted by atomic mass is 9.99. The molecule has 2 rings (SSSR count). The average molecular weight is 249 g/mol. The highest BCUT2D eigenvalue weighted by atomic mass is 16.5. The molecule has 0 amide bonds. The van der Waals surface area contributed by atoms with E-state index in [2.05, 4.69) is 16.8 Å². The van der Waals surface area contributed by atoms with Gasteiger partial charge in [0, 0.05) is 13.1 Å². The summed E-state index contributed by atoms with van der Waals surface area (Å²) in [5, 5.41) is 0. The number of nitrogens with zero attached hydrogens (tertiary/aromatic N) is 2. The van der Waals surface area contributed by atoms with Crippen molar-refractivity contribution in [3.8, 4) is 0 Å². The van der Waals surface area contributed by atoms with Gasteiger partial charge in [0.25, 0.3) is 0 Å². The number of nitrogens with two attached hydrogens (primary N) is 1. The van der Waals surface area contributed by atoms with Crippen LogP contribution in [0.5, 0.6) is 0 Å². The third-order valence-corrected chi connectivity index (χ3v) is 3.58. The van der Waals surface area contributed by atoms with Crippen LogP contribution in [0.2, 0.25) is 0 Å². The highest BCUT2D eigenvalue weighted by molar-refractivity contribution is 5.74. The molecule has 0 bridgehead atoms. The van der Waals surface area contributed by atoms with Gasteiger partial charge in [0.05, 0.1) is 24.9 Å². The molecule has 5 nitrogen and oxygen atoms in total. The van der Waals surface area contributed by atoms with E-state index in [1.165, 1.54) is 7.11 Å². The lowest BCUT2D eigenvalue weighted by Gasteiger charge is -2.17. The number of aryl methyl sites for hydroxylation is 1. The molecule has 1 saturated heterocycles. The number of carbonyl (C=O) groups is 1. The monoisotopic (exact) mass is 249 g/mol. The highest BCUT2D eigenvalue weighted by Gasteiger charge is 2.36. The van der Waals surface area contributed by atoms with Crippen molar-refractivity contribution >= 4 is 17.5 Å². The van der Waals surface area contributed by atoms with E-state index in [-0.39, 0.29) is 17.8 Å². The molecule has 2 N–H and O–H groups in total. The first kappa shape index (κ1) is 12.7. The van der Waals surface area contributed by atoms with Gasteiger partial charge >= 0.3 is 5.97 Å². The second-order valence-corrected chi connectivity index (χ2v) is 4.91. The molecule has 5 heteroatoms. The first-order chi connectivity index (χ1) is 8.52. The van der Waals surface area contributed by atoms with Gasteiger partial charge in [-0.1, -0.05) is 6.92 Å². The van der Waals surface area contributed by atoms with E-state index in [0.717, 1.165) is 17.9 Å². The number of methoxy groups -OCH3 is 1. The Hall–Kier alpha value is -1.78. The van der Waals surface area contributed by atoms with Crippen LogP contribution in [0.25, 0.3) is 0 Å². The minimum atomic E-state index is -0.142. The Morgan fingerprint density at radius 2 is 2.28 bits per heavy atom. The van der Waals surface area contributed by atoms with Crippen molar-refractivity contribution in [1.29, 1.82) is 0 Å². The maximum Gasteiger partial charge on any atom is 0.310 e. The SMILES string of the molecule is COC(=O)C1CN(c2cc(C)c(N)cn2)CC1C. The average Bonchev–Trinajstić information content (AvgIpc) is 2.74. The molecule has 1 aromatic rings. The molecular formula is C13H19N3O2. The quantitative estimate of drug-likeness (QED) is 0.798.